The van der Waals surface area contributed by atoms with E-state index in [4.69, 9.17) is 10.5 Å². The number of hydrogen-bond donors (Lipinski definition) is 1. The maximum atomic E-state index is 14.3. The van der Waals surface area contributed by atoms with Crippen LogP contribution in [0.25, 0.3) is 0 Å². The third kappa shape index (κ3) is 2.42. The fraction of sp³-hybridized carbons (Fsp3) is 0.538. The fourth-order valence-corrected chi connectivity index (χ4v) is 2.22. The molecule has 1 aromatic rings. The van der Waals surface area contributed by atoms with Crippen molar-refractivity contribution in [2.45, 2.75) is 19.0 Å². The molecule has 0 aliphatic carbocycles. The second-order valence-corrected chi connectivity index (χ2v) is 4.26. The van der Waals surface area contributed by atoms with Crippen LogP contribution in [0.3, 0.4) is 0 Å². The van der Waals surface area contributed by atoms with E-state index in [-0.39, 0.29) is 5.92 Å². The minimum absolute atomic E-state index is 0.0129. The molecule has 2 nitrogen and oxygen atoms in total. The lowest BCUT2D eigenvalue weighted by Gasteiger charge is -2.17. The van der Waals surface area contributed by atoms with Crippen LogP contribution in [0.1, 0.15) is 23.7 Å². The maximum absolute atomic E-state index is 14.3. The standard InChI is InChI=1S/C13H18FNO/c14-13(11-6-8-16-9-11)12-4-2-1-3-10(12)5-7-15/h1-4,11,13H,5-9,15H2. The molecule has 0 spiro atoms. The highest BCUT2D eigenvalue weighted by Gasteiger charge is 2.28. The van der Waals surface area contributed by atoms with Crippen molar-refractivity contribution in [1.29, 1.82) is 0 Å². The van der Waals surface area contributed by atoms with Gasteiger partial charge in [0, 0.05) is 12.5 Å². The summed E-state index contributed by atoms with van der Waals surface area (Å²) in [5.41, 5.74) is 7.36. The van der Waals surface area contributed by atoms with Crippen LogP contribution >= 0.6 is 0 Å². The summed E-state index contributed by atoms with van der Waals surface area (Å²) in [6.45, 7) is 1.78. The molecule has 0 aromatic heterocycles. The van der Waals surface area contributed by atoms with Gasteiger partial charge >= 0.3 is 0 Å². The third-order valence-corrected chi connectivity index (χ3v) is 3.14. The fourth-order valence-electron chi connectivity index (χ4n) is 2.22. The van der Waals surface area contributed by atoms with Crippen LogP contribution in [0.2, 0.25) is 0 Å². The molecule has 0 radical (unpaired) electrons. The van der Waals surface area contributed by atoms with Crippen LogP contribution in [-0.4, -0.2) is 19.8 Å². The zero-order valence-corrected chi connectivity index (χ0v) is 9.36. The van der Waals surface area contributed by atoms with Crippen LogP contribution in [0.15, 0.2) is 24.3 Å². The Morgan fingerprint density at radius 1 is 1.44 bits per heavy atom. The van der Waals surface area contributed by atoms with Crippen molar-refractivity contribution in [3.63, 3.8) is 0 Å². The highest BCUT2D eigenvalue weighted by Crippen LogP contribution is 2.33. The number of halogens is 1. The van der Waals surface area contributed by atoms with E-state index in [1.165, 1.54) is 0 Å². The summed E-state index contributed by atoms with van der Waals surface area (Å²) in [5, 5.41) is 0. The van der Waals surface area contributed by atoms with Crippen molar-refractivity contribution in [3.8, 4) is 0 Å². The van der Waals surface area contributed by atoms with Gasteiger partial charge < -0.3 is 10.5 Å². The minimum Gasteiger partial charge on any atom is -0.381 e. The Morgan fingerprint density at radius 2 is 2.25 bits per heavy atom. The molecule has 0 saturated carbocycles. The van der Waals surface area contributed by atoms with E-state index in [1.807, 2.05) is 24.3 Å². The summed E-state index contributed by atoms with van der Waals surface area (Å²) in [4.78, 5) is 0. The van der Waals surface area contributed by atoms with E-state index in [1.54, 1.807) is 0 Å². The monoisotopic (exact) mass is 223 g/mol. The molecule has 16 heavy (non-hydrogen) atoms. The van der Waals surface area contributed by atoms with Crippen LogP contribution in [0, 0.1) is 5.92 Å². The van der Waals surface area contributed by atoms with Gasteiger partial charge in [-0.15, -0.1) is 0 Å². The summed E-state index contributed by atoms with van der Waals surface area (Å²) < 4.78 is 19.5. The quantitative estimate of drug-likeness (QED) is 0.849. The van der Waals surface area contributed by atoms with E-state index in [9.17, 15) is 4.39 Å². The summed E-state index contributed by atoms with van der Waals surface area (Å²) in [7, 11) is 0. The van der Waals surface area contributed by atoms with Crippen molar-refractivity contribution in [2.75, 3.05) is 19.8 Å². The van der Waals surface area contributed by atoms with Crippen LogP contribution < -0.4 is 5.73 Å². The number of rotatable bonds is 4. The number of benzene rings is 1. The zero-order valence-electron chi connectivity index (χ0n) is 9.36. The Morgan fingerprint density at radius 3 is 2.94 bits per heavy atom. The van der Waals surface area contributed by atoms with Gasteiger partial charge in [0.2, 0.25) is 0 Å². The molecule has 2 rings (SSSR count). The first-order valence-electron chi connectivity index (χ1n) is 5.82. The van der Waals surface area contributed by atoms with Gasteiger partial charge in [-0.2, -0.15) is 0 Å². The Labute approximate surface area is 95.6 Å². The Balaban J connectivity index is 2.17. The minimum atomic E-state index is -0.912. The Bertz CT molecular complexity index is 336. The normalized spacial score (nSPS) is 22.2. The van der Waals surface area contributed by atoms with E-state index in [0.29, 0.717) is 19.8 Å². The van der Waals surface area contributed by atoms with Gasteiger partial charge in [-0.3, -0.25) is 0 Å². The summed E-state index contributed by atoms with van der Waals surface area (Å²) in [5.74, 6) is 0.0129. The molecular formula is C13H18FNO. The largest absolute Gasteiger partial charge is 0.381 e. The van der Waals surface area contributed by atoms with Crippen LogP contribution in [0.4, 0.5) is 4.39 Å². The first kappa shape index (κ1) is 11.6. The average molecular weight is 223 g/mol. The summed E-state index contributed by atoms with van der Waals surface area (Å²) in [6, 6.07) is 7.66. The van der Waals surface area contributed by atoms with Crippen molar-refractivity contribution in [2.24, 2.45) is 11.7 Å². The molecule has 3 heteroatoms. The van der Waals surface area contributed by atoms with E-state index in [0.717, 1.165) is 24.0 Å². The van der Waals surface area contributed by atoms with Gasteiger partial charge in [0.25, 0.3) is 0 Å². The Kier molecular flexibility index (Phi) is 3.91. The lowest BCUT2D eigenvalue weighted by molar-refractivity contribution is 0.155. The molecule has 1 aliphatic heterocycles. The molecule has 0 bridgehead atoms. The molecular weight excluding hydrogens is 205 g/mol. The lowest BCUT2D eigenvalue weighted by atomic mass is 9.92. The van der Waals surface area contributed by atoms with Crippen LogP contribution in [0.5, 0.6) is 0 Å². The Hall–Kier alpha value is -0.930. The predicted molar refractivity (Wildman–Crippen MR) is 62.0 cm³/mol. The van der Waals surface area contributed by atoms with Crippen molar-refractivity contribution >= 4 is 0 Å². The lowest BCUT2D eigenvalue weighted by Crippen LogP contribution is -2.12. The van der Waals surface area contributed by atoms with E-state index >= 15 is 0 Å². The van der Waals surface area contributed by atoms with Gasteiger partial charge in [-0.25, -0.2) is 4.39 Å². The molecule has 1 aliphatic rings. The second-order valence-electron chi connectivity index (χ2n) is 4.26. The molecule has 2 atom stereocenters. The molecule has 1 saturated heterocycles. The molecule has 1 aromatic carbocycles. The number of alkyl halides is 1. The first-order chi connectivity index (χ1) is 7.83. The smallest absolute Gasteiger partial charge is 0.130 e. The van der Waals surface area contributed by atoms with Crippen molar-refractivity contribution < 1.29 is 9.13 Å². The highest BCUT2D eigenvalue weighted by molar-refractivity contribution is 5.30. The predicted octanol–water partition coefficient (Wildman–Crippen LogP) is 2.23. The third-order valence-electron chi connectivity index (χ3n) is 3.14. The second kappa shape index (κ2) is 5.41. The molecule has 88 valence electrons. The zero-order chi connectivity index (χ0) is 11.4. The topological polar surface area (TPSA) is 35.2 Å². The number of nitrogens with two attached hydrogens (primary N) is 1. The van der Waals surface area contributed by atoms with Crippen molar-refractivity contribution in [3.05, 3.63) is 35.4 Å². The number of hydrogen-bond acceptors (Lipinski definition) is 2. The maximum Gasteiger partial charge on any atom is 0.130 e. The molecule has 0 amide bonds. The SMILES string of the molecule is NCCc1ccccc1C(F)C1CCOC1. The van der Waals surface area contributed by atoms with Crippen LogP contribution in [-0.2, 0) is 11.2 Å². The molecule has 2 unspecified atom stereocenters. The van der Waals surface area contributed by atoms with Gasteiger partial charge in [0.15, 0.2) is 0 Å². The van der Waals surface area contributed by atoms with Crippen molar-refractivity contribution in [1.82, 2.24) is 0 Å². The molecule has 1 heterocycles. The van der Waals surface area contributed by atoms with Gasteiger partial charge in [0.05, 0.1) is 6.61 Å². The first-order valence-corrected chi connectivity index (χ1v) is 5.82. The number of ether oxygens (including phenoxy) is 1. The molecule has 2 N–H and O–H groups in total. The van der Waals surface area contributed by atoms with E-state index in [2.05, 4.69) is 0 Å². The van der Waals surface area contributed by atoms with Gasteiger partial charge in [0.1, 0.15) is 6.17 Å². The van der Waals surface area contributed by atoms with Gasteiger partial charge in [-0.1, -0.05) is 24.3 Å². The highest BCUT2D eigenvalue weighted by atomic mass is 19.1. The average Bonchev–Trinajstić information content (AvgIpc) is 2.83. The van der Waals surface area contributed by atoms with E-state index < -0.39 is 6.17 Å². The van der Waals surface area contributed by atoms with Gasteiger partial charge in [-0.05, 0) is 30.5 Å². The summed E-state index contributed by atoms with van der Waals surface area (Å²) >= 11 is 0. The summed E-state index contributed by atoms with van der Waals surface area (Å²) in [6.07, 6.45) is 0.646. The molecule has 1 fully saturated rings.